The molecule has 0 aliphatic carbocycles. The van der Waals surface area contributed by atoms with Gasteiger partial charge in [0.2, 0.25) is 5.91 Å². The zero-order valence-corrected chi connectivity index (χ0v) is 17.3. The molecule has 0 saturated heterocycles. The van der Waals surface area contributed by atoms with Gasteiger partial charge in [0.25, 0.3) is 0 Å². The lowest BCUT2D eigenvalue weighted by Gasteiger charge is -2.16. The predicted octanol–water partition coefficient (Wildman–Crippen LogP) is 1.47. The Balaban J connectivity index is 2.18. The molecule has 0 radical (unpaired) electrons. The van der Waals surface area contributed by atoms with E-state index in [4.69, 9.17) is 5.26 Å². The number of carbonyl (C=O) groups is 1. The van der Waals surface area contributed by atoms with Crippen LogP contribution in [0.3, 0.4) is 0 Å². The number of nitriles is 1. The normalized spacial score (nSPS) is 11.7. The van der Waals surface area contributed by atoms with Crippen LogP contribution in [-0.4, -0.2) is 40.8 Å². The Bertz CT molecular complexity index is 987. The van der Waals surface area contributed by atoms with E-state index in [9.17, 15) is 21.6 Å². The number of nitrogens with one attached hydrogen (secondary N) is 1. The molecule has 9 heteroatoms. The summed E-state index contributed by atoms with van der Waals surface area (Å²) in [5.41, 5.74) is 1.10. The number of amides is 1. The van der Waals surface area contributed by atoms with Crippen molar-refractivity contribution in [3.63, 3.8) is 0 Å². The predicted molar refractivity (Wildman–Crippen MR) is 110 cm³/mol. The van der Waals surface area contributed by atoms with E-state index in [0.29, 0.717) is 11.1 Å². The van der Waals surface area contributed by atoms with Gasteiger partial charge in [-0.05, 0) is 11.1 Å². The van der Waals surface area contributed by atoms with Crippen LogP contribution in [0.5, 0.6) is 0 Å². The average molecular weight is 435 g/mol. The molecule has 0 bridgehead atoms. The quantitative estimate of drug-likeness (QED) is 0.565. The van der Waals surface area contributed by atoms with E-state index < -0.39 is 43.0 Å². The molecule has 0 heterocycles. The minimum absolute atomic E-state index is 0.297. The Morgan fingerprint density at radius 2 is 1.24 bits per heavy atom. The van der Waals surface area contributed by atoms with Gasteiger partial charge in [-0.2, -0.15) is 5.26 Å². The first-order valence-electron chi connectivity index (χ1n) is 8.84. The molecule has 0 aromatic heterocycles. The molecular formula is C20H22N2O5S2. The minimum atomic E-state index is -3.76. The third kappa shape index (κ3) is 8.05. The number of carbonyl (C=O) groups excluding carboxylic acids is 1. The van der Waals surface area contributed by atoms with Gasteiger partial charge in [-0.3, -0.25) is 4.79 Å². The second-order valence-corrected chi connectivity index (χ2v) is 10.9. The molecule has 154 valence electrons. The van der Waals surface area contributed by atoms with Crippen LogP contribution in [0.25, 0.3) is 0 Å². The van der Waals surface area contributed by atoms with Crippen molar-refractivity contribution in [2.45, 2.75) is 11.5 Å². The van der Waals surface area contributed by atoms with Gasteiger partial charge in [-0.1, -0.05) is 60.7 Å². The van der Waals surface area contributed by atoms with Gasteiger partial charge >= 0.3 is 0 Å². The highest BCUT2D eigenvalue weighted by Crippen LogP contribution is 2.15. The van der Waals surface area contributed by atoms with Crippen molar-refractivity contribution in [1.29, 1.82) is 5.26 Å². The van der Waals surface area contributed by atoms with Crippen molar-refractivity contribution in [3.8, 4) is 6.07 Å². The second kappa shape index (κ2) is 10.2. The van der Waals surface area contributed by atoms with Crippen LogP contribution in [0.1, 0.15) is 11.1 Å². The highest BCUT2D eigenvalue weighted by Gasteiger charge is 2.30. The van der Waals surface area contributed by atoms with Crippen LogP contribution >= 0.6 is 0 Å². The summed E-state index contributed by atoms with van der Waals surface area (Å²) in [4.78, 5) is 12.4. The molecule has 0 aliphatic rings. The van der Waals surface area contributed by atoms with Crippen molar-refractivity contribution in [2.75, 3.05) is 18.1 Å². The third-order valence-electron chi connectivity index (χ3n) is 4.08. The molecule has 29 heavy (non-hydrogen) atoms. The molecule has 2 rings (SSSR count). The Hall–Kier alpha value is -2.70. The monoisotopic (exact) mass is 434 g/mol. The lowest BCUT2D eigenvalue weighted by atomic mass is 10.2. The van der Waals surface area contributed by atoms with Crippen molar-refractivity contribution in [1.82, 2.24) is 5.32 Å². The summed E-state index contributed by atoms with van der Waals surface area (Å²) in [7, 11) is -7.51. The third-order valence-corrected chi connectivity index (χ3v) is 7.45. The van der Waals surface area contributed by atoms with Crippen LogP contribution < -0.4 is 5.32 Å². The molecule has 0 saturated carbocycles. The molecule has 1 amide bonds. The Morgan fingerprint density at radius 3 is 1.62 bits per heavy atom. The Labute approximate surface area is 171 Å². The van der Waals surface area contributed by atoms with Crippen LogP contribution in [0.15, 0.2) is 60.7 Å². The maximum absolute atomic E-state index is 12.6. The molecule has 0 atom stereocenters. The van der Waals surface area contributed by atoms with Gasteiger partial charge in [0.05, 0.1) is 35.0 Å². The molecule has 0 aliphatic heterocycles. The standard InChI is InChI=1S/C20H22N2O5S2/c21-11-12-22-20(23)19(15-28(24,25)13-17-7-3-1-4-8-17)16-29(26,27)14-18-9-5-2-6-10-18/h1-10,19H,12-16H2,(H,22,23). The first kappa shape index (κ1) is 22.6. The van der Waals surface area contributed by atoms with E-state index in [1.54, 1.807) is 66.7 Å². The van der Waals surface area contributed by atoms with Gasteiger partial charge in [0, 0.05) is 0 Å². The van der Waals surface area contributed by atoms with Gasteiger partial charge < -0.3 is 5.32 Å². The molecular weight excluding hydrogens is 412 g/mol. The van der Waals surface area contributed by atoms with Crippen molar-refractivity contribution >= 4 is 25.6 Å². The number of nitrogens with zero attached hydrogens (tertiary/aromatic N) is 1. The van der Waals surface area contributed by atoms with Crippen LogP contribution in [0.2, 0.25) is 0 Å². The maximum atomic E-state index is 12.6. The van der Waals surface area contributed by atoms with Gasteiger partial charge in [0.15, 0.2) is 19.7 Å². The Kier molecular flexibility index (Phi) is 7.93. The second-order valence-electron chi connectivity index (χ2n) is 6.65. The first-order valence-corrected chi connectivity index (χ1v) is 12.5. The summed E-state index contributed by atoms with van der Waals surface area (Å²) in [5.74, 6) is -3.89. The molecule has 2 aromatic carbocycles. The largest absolute Gasteiger partial charge is 0.343 e. The van der Waals surface area contributed by atoms with E-state index >= 15 is 0 Å². The van der Waals surface area contributed by atoms with E-state index in [0.717, 1.165) is 0 Å². The highest BCUT2D eigenvalue weighted by molar-refractivity contribution is 7.91. The molecule has 0 unspecified atom stereocenters. The number of hydrogen-bond donors (Lipinski definition) is 1. The minimum Gasteiger partial charge on any atom is -0.343 e. The fourth-order valence-corrected chi connectivity index (χ4v) is 6.41. The summed E-state index contributed by atoms with van der Waals surface area (Å²) >= 11 is 0. The van der Waals surface area contributed by atoms with Crippen LogP contribution in [0, 0.1) is 17.2 Å². The SMILES string of the molecule is N#CCNC(=O)C(CS(=O)(=O)Cc1ccccc1)CS(=O)(=O)Cc1ccccc1. The summed E-state index contributed by atoms with van der Waals surface area (Å²) in [6.07, 6.45) is 0. The van der Waals surface area contributed by atoms with Gasteiger partial charge in [-0.15, -0.1) is 0 Å². The summed E-state index contributed by atoms with van der Waals surface area (Å²) in [5, 5.41) is 10.9. The molecule has 7 nitrogen and oxygen atoms in total. The zero-order valence-electron chi connectivity index (χ0n) is 15.7. The highest BCUT2D eigenvalue weighted by atomic mass is 32.2. The smallest absolute Gasteiger partial charge is 0.225 e. The van der Waals surface area contributed by atoms with E-state index in [2.05, 4.69) is 5.32 Å². The van der Waals surface area contributed by atoms with Crippen molar-refractivity contribution in [3.05, 3.63) is 71.8 Å². The topological polar surface area (TPSA) is 121 Å². The number of sulfone groups is 2. The molecule has 0 spiro atoms. The lowest BCUT2D eigenvalue weighted by Crippen LogP contribution is -2.39. The summed E-state index contributed by atoms with van der Waals surface area (Å²) < 4.78 is 50.4. The Morgan fingerprint density at radius 1 is 0.828 bits per heavy atom. The molecule has 1 N–H and O–H groups in total. The number of rotatable bonds is 10. The zero-order chi connectivity index (χ0) is 21.3. The van der Waals surface area contributed by atoms with Crippen LogP contribution in [-0.2, 0) is 36.0 Å². The lowest BCUT2D eigenvalue weighted by molar-refractivity contribution is -0.123. The number of hydrogen-bond acceptors (Lipinski definition) is 6. The summed E-state index contributed by atoms with van der Waals surface area (Å²) in [6, 6.07) is 18.6. The maximum Gasteiger partial charge on any atom is 0.225 e. The first-order chi connectivity index (χ1) is 13.7. The van der Waals surface area contributed by atoms with Crippen LogP contribution in [0.4, 0.5) is 0 Å². The summed E-state index contributed by atoms with van der Waals surface area (Å²) in [6.45, 7) is -0.327. The van der Waals surface area contributed by atoms with E-state index in [-0.39, 0.29) is 18.1 Å². The van der Waals surface area contributed by atoms with Crippen molar-refractivity contribution < 1.29 is 21.6 Å². The molecule has 2 aromatic rings. The van der Waals surface area contributed by atoms with Gasteiger partial charge in [-0.25, -0.2) is 16.8 Å². The van der Waals surface area contributed by atoms with E-state index in [1.807, 2.05) is 0 Å². The molecule has 0 fully saturated rings. The van der Waals surface area contributed by atoms with Crippen molar-refractivity contribution in [2.24, 2.45) is 5.92 Å². The average Bonchev–Trinajstić information content (AvgIpc) is 2.66. The van der Waals surface area contributed by atoms with Gasteiger partial charge in [0.1, 0.15) is 6.54 Å². The van der Waals surface area contributed by atoms with E-state index in [1.165, 1.54) is 0 Å². The fourth-order valence-electron chi connectivity index (χ4n) is 2.86. The fraction of sp³-hybridized carbons (Fsp3) is 0.300. The number of benzene rings is 2.